The molecule has 2 heterocycles. The van der Waals surface area contributed by atoms with Crippen LogP contribution in [-0.4, -0.2) is 48.4 Å². The predicted molar refractivity (Wildman–Crippen MR) is 68.4 cm³/mol. The summed E-state index contributed by atoms with van der Waals surface area (Å²) in [6, 6.07) is 0. The molecule has 2 aliphatic heterocycles. The standard InChI is InChI=1S/C13H22N2O3/c1-4-12(16)18-14-11-9-13(17-10(11)2)5-7-15(3)8-6-13/h10H,4-9H2,1-3H3. The third-order valence-corrected chi connectivity index (χ3v) is 3.85. The van der Waals surface area contributed by atoms with Gasteiger partial charge in [0, 0.05) is 25.9 Å². The Balaban J connectivity index is 1.98. The molecule has 1 atom stereocenters. The molecule has 0 bridgehead atoms. The fourth-order valence-corrected chi connectivity index (χ4v) is 2.56. The summed E-state index contributed by atoms with van der Waals surface area (Å²) in [6.07, 6.45) is 3.14. The number of piperidine rings is 1. The zero-order valence-corrected chi connectivity index (χ0v) is 11.4. The van der Waals surface area contributed by atoms with Gasteiger partial charge in [-0.3, -0.25) is 0 Å². The third-order valence-electron chi connectivity index (χ3n) is 3.85. The van der Waals surface area contributed by atoms with E-state index in [2.05, 4.69) is 17.1 Å². The fraction of sp³-hybridized carbons (Fsp3) is 0.846. The van der Waals surface area contributed by atoms with Crippen molar-refractivity contribution in [2.45, 2.75) is 51.2 Å². The van der Waals surface area contributed by atoms with Gasteiger partial charge < -0.3 is 14.5 Å². The SMILES string of the molecule is CCC(=O)ON=C1CC2(CCN(C)CC2)OC1C. The molecule has 0 saturated carbocycles. The van der Waals surface area contributed by atoms with Gasteiger partial charge in [-0.15, -0.1) is 0 Å². The minimum absolute atomic E-state index is 0.0435. The van der Waals surface area contributed by atoms with Crippen molar-refractivity contribution in [3.63, 3.8) is 0 Å². The van der Waals surface area contributed by atoms with E-state index in [0.717, 1.165) is 38.1 Å². The normalized spacial score (nSPS) is 29.9. The molecule has 2 fully saturated rings. The number of nitrogens with zero attached hydrogens (tertiary/aromatic N) is 2. The van der Waals surface area contributed by atoms with Crippen molar-refractivity contribution < 1.29 is 14.4 Å². The minimum Gasteiger partial charge on any atom is -0.365 e. The van der Waals surface area contributed by atoms with Crippen LogP contribution in [0.15, 0.2) is 5.16 Å². The van der Waals surface area contributed by atoms with Crippen LogP contribution >= 0.6 is 0 Å². The molecule has 1 spiro atoms. The van der Waals surface area contributed by atoms with Gasteiger partial charge >= 0.3 is 5.97 Å². The smallest absolute Gasteiger partial charge is 0.334 e. The first kappa shape index (κ1) is 13.5. The van der Waals surface area contributed by atoms with Crippen molar-refractivity contribution in [1.82, 2.24) is 4.90 Å². The molecule has 0 aromatic rings. The van der Waals surface area contributed by atoms with Crippen LogP contribution in [0.25, 0.3) is 0 Å². The molecule has 2 rings (SSSR count). The molecule has 0 amide bonds. The molecule has 2 saturated heterocycles. The van der Waals surface area contributed by atoms with E-state index in [0.29, 0.717) is 6.42 Å². The second-order valence-corrected chi connectivity index (χ2v) is 5.32. The summed E-state index contributed by atoms with van der Waals surface area (Å²) in [6.45, 7) is 5.84. The van der Waals surface area contributed by atoms with Gasteiger partial charge in [0.25, 0.3) is 0 Å². The van der Waals surface area contributed by atoms with Crippen molar-refractivity contribution in [1.29, 1.82) is 0 Å². The molecule has 0 aromatic heterocycles. The van der Waals surface area contributed by atoms with Crippen LogP contribution < -0.4 is 0 Å². The van der Waals surface area contributed by atoms with E-state index in [9.17, 15) is 4.79 Å². The largest absolute Gasteiger partial charge is 0.365 e. The molecule has 0 aliphatic carbocycles. The van der Waals surface area contributed by atoms with E-state index in [4.69, 9.17) is 9.57 Å². The molecule has 1 unspecified atom stereocenters. The minimum atomic E-state index is -0.293. The van der Waals surface area contributed by atoms with Gasteiger partial charge in [0.15, 0.2) is 0 Å². The number of carbonyl (C=O) groups is 1. The number of carbonyl (C=O) groups excluding carboxylic acids is 1. The highest BCUT2D eigenvalue weighted by atomic mass is 16.7. The van der Waals surface area contributed by atoms with Gasteiger partial charge in [0.2, 0.25) is 0 Å². The van der Waals surface area contributed by atoms with Crippen LogP contribution in [-0.2, 0) is 14.4 Å². The topological polar surface area (TPSA) is 51.1 Å². The van der Waals surface area contributed by atoms with Crippen LogP contribution in [0.2, 0.25) is 0 Å². The maximum atomic E-state index is 11.1. The highest BCUT2D eigenvalue weighted by molar-refractivity contribution is 5.91. The Hall–Kier alpha value is -0.940. The molecule has 0 aromatic carbocycles. The molecule has 5 nitrogen and oxygen atoms in total. The second kappa shape index (κ2) is 5.36. The lowest BCUT2D eigenvalue weighted by Gasteiger charge is -2.36. The molecule has 5 heteroatoms. The van der Waals surface area contributed by atoms with E-state index >= 15 is 0 Å². The summed E-state index contributed by atoms with van der Waals surface area (Å²) in [4.78, 5) is 18.3. The maximum Gasteiger partial charge on any atom is 0.334 e. The van der Waals surface area contributed by atoms with E-state index in [1.165, 1.54) is 0 Å². The van der Waals surface area contributed by atoms with Crippen LogP contribution in [0.3, 0.4) is 0 Å². The molecular formula is C13H22N2O3. The van der Waals surface area contributed by atoms with Crippen molar-refractivity contribution in [2.24, 2.45) is 5.16 Å². The van der Waals surface area contributed by atoms with Gasteiger partial charge in [-0.25, -0.2) is 4.79 Å². The number of hydrogen-bond acceptors (Lipinski definition) is 5. The second-order valence-electron chi connectivity index (χ2n) is 5.32. The summed E-state index contributed by atoms with van der Waals surface area (Å²) in [5, 5.41) is 3.97. The van der Waals surface area contributed by atoms with Gasteiger partial charge in [0.05, 0.1) is 17.4 Å². The van der Waals surface area contributed by atoms with Crippen molar-refractivity contribution in [2.75, 3.05) is 20.1 Å². The van der Waals surface area contributed by atoms with Crippen molar-refractivity contribution in [3.05, 3.63) is 0 Å². The first-order valence-electron chi connectivity index (χ1n) is 6.67. The highest BCUT2D eigenvalue weighted by Crippen LogP contribution is 2.37. The first-order chi connectivity index (χ1) is 8.54. The number of oxime groups is 1. The van der Waals surface area contributed by atoms with Crippen LogP contribution in [0, 0.1) is 0 Å². The highest BCUT2D eigenvalue weighted by Gasteiger charge is 2.44. The molecule has 0 N–H and O–H groups in total. The number of hydrogen-bond donors (Lipinski definition) is 0. The fourth-order valence-electron chi connectivity index (χ4n) is 2.56. The molecule has 18 heavy (non-hydrogen) atoms. The quantitative estimate of drug-likeness (QED) is 0.554. The Morgan fingerprint density at radius 3 is 2.83 bits per heavy atom. The molecule has 2 aliphatic rings. The number of ether oxygens (including phenoxy) is 1. The first-order valence-corrected chi connectivity index (χ1v) is 6.67. The average molecular weight is 254 g/mol. The Bertz CT molecular complexity index is 346. The van der Waals surface area contributed by atoms with Gasteiger partial charge in [-0.2, -0.15) is 0 Å². The number of likely N-dealkylation sites (tertiary alicyclic amines) is 1. The van der Waals surface area contributed by atoms with Crippen LogP contribution in [0.1, 0.15) is 39.5 Å². The lowest BCUT2D eigenvalue weighted by Crippen LogP contribution is -2.42. The van der Waals surface area contributed by atoms with E-state index in [1.807, 2.05) is 6.92 Å². The Morgan fingerprint density at radius 2 is 2.22 bits per heavy atom. The zero-order valence-electron chi connectivity index (χ0n) is 11.4. The summed E-state index contributed by atoms with van der Waals surface area (Å²) >= 11 is 0. The van der Waals surface area contributed by atoms with Gasteiger partial charge in [-0.1, -0.05) is 12.1 Å². The van der Waals surface area contributed by atoms with Crippen LogP contribution in [0.4, 0.5) is 0 Å². The van der Waals surface area contributed by atoms with Crippen molar-refractivity contribution in [3.8, 4) is 0 Å². The Kier molecular flexibility index (Phi) is 4.02. The monoisotopic (exact) mass is 254 g/mol. The lowest BCUT2D eigenvalue weighted by molar-refractivity contribution is -0.143. The van der Waals surface area contributed by atoms with Gasteiger partial charge in [0.1, 0.15) is 0 Å². The third kappa shape index (κ3) is 2.90. The predicted octanol–water partition coefficient (Wildman–Crippen LogP) is 1.57. The Labute approximate surface area is 108 Å². The summed E-state index contributed by atoms with van der Waals surface area (Å²) in [5.74, 6) is -0.293. The molecule has 0 radical (unpaired) electrons. The number of rotatable bonds is 2. The summed E-state index contributed by atoms with van der Waals surface area (Å²) in [5.41, 5.74) is 0.782. The van der Waals surface area contributed by atoms with E-state index < -0.39 is 0 Å². The Morgan fingerprint density at radius 1 is 1.56 bits per heavy atom. The zero-order chi connectivity index (χ0) is 13.2. The van der Waals surface area contributed by atoms with Crippen molar-refractivity contribution >= 4 is 11.7 Å². The van der Waals surface area contributed by atoms with E-state index in [1.54, 1.807) is 6.92 Å². The summed E-state index contributed by atoms with van der Waals surface area (Å²) < 4.78 is 6.07. The lowest BCUT2D eigenvalue weighted by atomic mass is 9.88. The van der Waals surface area contributed by atoms with Gasteiger partial charge in [-0.05, 0) is 26.8 Å². The maximum absolute atomic E-state index is 11.1. The average Bonchev–Trinajstić information content (AvgIpc) is 2.67. The summed E-state index contributed by atoms with van der Waals surface area (Å²) in [7, 11) is 2.13. The van der Waals surface area contributed by atoms with Crippen LogP contribution in [0.5, 0.6) is 0 Å². The molecular weight excluding hydrogens is 232 g/mol. The molecule has 102 valence electrons. The van der Waals surface area contributed by atoms with E-state index in [-0.39, 0.29) is 17.7 Å².